The molecule has 17 heavy (non-hydrogen) atoms. The molecule has 0 unspecified atom stereocenters. The van der Waals surface area contributed by atoms with Gasteiger partial charge in [0.05, 0.1) is 6.10 Å². The van der Waals surface area contributed by atoms with Crippen LogP contribution in [0.1, 0.15) is 33.3 Å². The Morgan fingerprint density at radius 1 is 1.29 bits per heavy atom. The Hall–Kier alpha value is -1.51. The zero-order valence-corrected chi connectivity index (χ0v) is 11.1. The van der Waals surface area contributed by atoms with Gasteiger partial charge in [-0.05, 0) is 52.3 Å². The smallest absolute Gasteiger partial charge is 0.233 e. The van der Waals surface area contributed by atoms with Crippen LogP contribution in [0, 0.1) is 6.92 Å². The van der Waals surface area contributed by atoms with Crippen molar-refractivity contribution in [3.8, 4) is 5.75 Å². The molecule has 1 heterocycles. The van der Waals surface area contributed by atoms with Crippen molar-refractivity contribution in [3.63, 3.8) is 0 Å². The molecule has 0 atom stereocenters. The Kier molecular flexibility index (Phi) is 2.86. The fourth-order valence-corrected chi connectivity index (χ4v) is 1.76. The van der Waals surface area contributed by atoms with E-state index in [1.54, 1.807) is 0 Å². The van der Waals surface area contributed by atoms with E-state index in [9.17, 15) is 0 Å². The molecule has 0 saturated heterocycles. The number of aliphatic imine (C=N–C) groups is 1. The summed E-state index contributed by atoms with van der Waals surface area (Å²) in [6.07, 6.45) is 0.1000. The third kappa shape index (κ3) is 2.43. The summed E-state index contributed by atoms with van der Waals surface area (Å²) in [5, 5.41) is 0. The molecule has 0 fully saturated rings. The highest BCUT2D eigenvalue weighted by atomic mass is 16.6. The summed E-state index contributed by atoms with van der Waals surface area (Å²) in [7, 11) is 0. The molecule has 0 radical (unpaired) electrons. The topological polar surface area (TPSA) is 30.8 Å². The van der Waals surface area contributed by atoms with Crippen LogP contribution < -0.4 is 4.74 Å². The Labute approximate surface area is 102 Å². The minimum absolute atomic E-state index is 0.1000. The summed E-state index contributed by atoms with van der Waals surface area (Å²) >= 11 is 0. The minimum Gasteiger partial charge on any atom is -0.476 e. The molecule has 1 aliphatic heterocycles. The molecule has 0 amide bonds. The van der Waals surface area contributed by atoms with E-state index in [1.807, 2.05) is 52.8 Å². The van der Waals surface area contributed by atoms with Gasteiger partial charge in [-0.2, -0.15) is 0 Å². The first-order valence-corrected chi connectivity index (χ1v) is 5.94. The van der Waals surface area contributed by atoms with E-state index in [4.69, 9.17) is 9.47 Å². The fourth-order valence-electron chi connectivity index (χ4n) is 1.76. The number of fused-ring (bicyclic) bond motifs is 1. The molecular weight excluding hydrogens is 214 g/mol. The Morgan fingerprint density at radius 2 is 2.00 bits per heavy atom. The van der Waals surface area contributed by atoms with Gasteiger partial charge in [-0.15, -0.1) is 0 Å². The summed E-state index contributed by atoms with van der Waals surface area (Å²) in [6.45, 7) is 9.96. The number of nitrogens with zero attached hydrogens (tertiary/aromatic N) is 1. The fraction of sp³-hybridized carbons (Fsp3) is 0.500. The van der Waals surface area contributed by atoms with Gasteiger partial charge >= 0.3 is 0 Å². The summed E-state index contributed by atoms with van der Waals surface area (Å²) in [4.78, 5) is 4.57. The van der Waals surface area contributed by atoms with Crippen molar-refractivity contribution in [1.82, 2.24) is 0 Å². The van der Waals surface area contributed by atoms with Gasteiger partial charge in [0.25, 0.3) is 0 Å². The zero-order valence-electron chi connectivity index (χ0n) is 11.1. The molecule has 0 bridgehead atoms. The highest BCUT2D eigenvalue weighted by molar-refractivity contribution is 5.90. The standard InChI is InChI=1S/C14H19NO2/c1-9(2)16-13-14(4,5)17-12-7-6-10(3)8-11(12)15-13/h6-9H,1-5H3. The number of hydrogen-bond donors (Lipinski definition) is 0. The number of aryl methyl sites for hydroxylation is 1. The Morgan fingerprint density at radius 3 is 2.65 bits per heavy atom. The van der Waals surface area contributed by atoms with Crippen LogP contribution in [-0.4, -0.2) is 17.6 Å². The summed E-state index contributed by atoms with van der Waals surface area (Å²) in [5.74, 6) is 1.46. The van der Waals surface area contributed by atoms with Crippen molar-refractivity contribution in [3.05, 3.63) is 23.8 Å². The van der Waals surface area contributed by atoms with Crippen LogP contribution in [0.3, 0.4) is 0 Å². The van der Waals surface area contributed by atoms with Gasteiger partial charge in [-0.25, -0.2) is 4.99 Å². The first-order valence-electron chi connectivity index (χ1n) is 5.94. The van der Waals surface area contributed by atoms with E-state index in [-0.39, 0.29) is 6.10 Å². The van der Waals surface area contributed by atoms with Crippen molar-refractivity contribution in [1.29, 1.82) is 0 Å². The van der Waals surface area contributed by atoms with Crippen molar-refractivity contribution in [2.45, 2.75) is 46.3 Å². The van der Waals surface area contributed by atoms with E-state index in [2.05, 4.69) is 4.99 Å². The number of rotatable bonds is 1. The Bertz CT molecular complexity index is 461. The predicted octanol–water partition coefficient (Wildman–Crippen LogP) is 3.62. The molecule has 1 aromatic rings. The molecule has 0 spiro atoms. The quantitative estimate of drug-likeness (QED) is 0.741. The first-order chi connectivity index (χ1) is 7.88. The van der Waals surface area contributed by atoms with Crippen LogP contribution >= 0.6 is 0 Å². The van der Waals surface area contributed by atoms with Crippen molar-refractivity contribution < 1.29 is 9.47 Å². The second-order valence-corrected chi connectivity index (χ2v) is 5.17. The molecule has 92 valence electrons. The second-order valence-electron chi connectivity index (χ2n) is 5.17. The van der Waals surface area contributed by atoms with E-state index in [0.717, 1.165) is 11.4 Å². The van der Waals surface area contributed by atoms with Crippen molar-refractivity contribution in [2.24, 2.45) is 4.99 Å². The van der Waals surface area contributed by atoms with E-state index in [1.165, 1.54) is 5.56 Å². The lowest BCUT2D eigenvalue weighted by molar-refractivity contribution is 0.114. The largest absolute Gasteiger partial charge is 0.476 e. The monoisotopic (exact) mass is 233 g/mol. The molecule has 3 nitrogen and oxygen atoms in total. The van der Waals surface area contributed by atoms with Gasteiger partial charge in [-0.3, -0.25) is 0 Å². The Balaban J connectivity index is 2.43. The second kappa shape index (κ2) is 4.06. The molecule has 0 aromatic heterocycles. The summed E-state index contributed by atoms with van der Waals surface area (Å²) < 4.78 is 11.7. The summed E-state index contributed by atoms with van der Waals surface area (Å²) in [5.41, 5.74) is 1.51. The van der Waals surface area contributed by atoms with Crippen LogP contribution in [0.4, 0.5) is 5.69 Å². The average Bonchev–Trinajstić information content (AvgIpc) is 2.19. The molecule has 0 aliphatic carbocycles. The molecule has 3 heteroatoms. The van der Waals surface area contributed by atoms with Crippen LogP contribution in [-0.2, 0) is 4.74 Å². The van der Waals surface area contributed by atoms with Gasteiger partial charge in [0.1, 0.15) is 11.4 Å². The van der Waals surface area contributed by atoms with Gasteiger partial charge < -0.3 is 9.47 Å². The minimum atomic E-state index is -0.507. The molecular formula is C14H19NO2. The van der Waals surface area contributed by atoms with E-state index < -0.39 is 5.60 Å². The van der Waals surface area contributed by atoms with Gasteiger partial charge in [-0.1, -0.05) is 6.07 Å². The van der Waals surface area contributed by atoms with Gasteiger partial charge in [0.2, 0.25) is 5.90 Å². The van der Waals surface area contributed by atoms with Crippen molar-refractivity contribution in [2.75, 3.05) is 0 Å². The van der Waals surface area contributed by atoms with E-state index >= 15 is 0 Å². The third-order valence-corrected chi connectivity index (χ3v) is 2.56. The van der Waals surface area contributed by atoms with Gasteiger partial charge in [0, 0.05) is 0 Å². The maximum atomic E-state index is 5.93. The number of hydrogen-bond acceptors (Lipinski definition) is 3. The number of ether oxygens (including phenoxy) is 2. The highest BCUT2D eigenvalue weighted by Crippen LogP contribution is 2.37. The molecule has 1 aliphatic rings. The summed E-state index contributed by atoms with van der Waals surface area (Å²) in [6, 6.07) is 6.00. The molecule has 2 rings (SSSR count). The lowest BCUT2D eigenvalue weighted by atomic mass is 10.1. The zero-order chi connectivity index (χ0) is 12.6. The molecule has 0 saturated carbocycles. The lowest BCUT2D eigenvalue weighted by Crippen LogP contribution is -2.42. The molecule has 1 aromatic carbocycles. The van der Waals surface area contributed by atoms with Crippen LogP contribution in [0.5, 0.6) is 5.75 Å². The maximum absolute atomic E-state index is 5.93. The normalized spacial score (nSPS) is 17.2. The molecule has 0 N–H and O–H groups in total. The SMILES string of the molecule is Cc1ccc2c(c1)N=C(OC(C)C)C(C)(C)O2. The lowest BCUT2D eigenvalue weighted by Gasteiger charge is -2.32. The van der Waals surface area contributed by atoms with Crippen LogP contribution in [0.15, 0.2) is 23.2 Å². The highest BCUT2D eigenvalue weighted by Gasteiger charge is 2.34. The third-order valence-electron chi connectivity index (χ3n) is 2.56. The van der Waals surface area contributed by atoms with Gasteiger partial charge in [0.15, 0.2) is 5.60 Å². The maximum Gasteiger partial charge on any atom is 0.233 e. The van der Waals surface area contributed by atoms with Crippen LogP contribution in [0.2, 0.25) is 0 Å². The van der Waals surface area contributed by atoms with Crippen LogP contribution in [0.25, 0.3) is 0 Å². The first kappa shape index (κ1) is 12.0. The number of benzene rings is 1. The van der Waals surface area contributed by atoms with Crippen molar-refractivity contribution >= 4 is 11.6 Å². The predicted molar refractivity (Wildman–Crippen MR) is 69.2 cm³/mol. The average molecular weight is 233 g/mol. The van der Waals surface area contributed by atoms with E-state index in [0.29, 0.717) is 5.90 Å².